The van der Waals surface area contributed by atoms with E-state index in [1.807, 2.05) is 32.0 Å². The van der Waals surface area contributed by atoms with Gasteiger partial charge in [0.2, 0.25) is 0 Å². The molecule has 0 aliphatic carbocycles. The lowest BCUT2D eigenvalue weighted by atomic mass is 10.2. The molecule has 0 saturated carbocycles. The Morgan fingerprint density at radius 2 is 1.78 bits per heavy atom. The molecule has 1 aromatic carbocycles. The van der Waals surface area contributed by atoms with Gasteiger partial charge in [-0.1, -0.05) is 39.0 Å². The lowest BCUT2D eigenvalue weighted by Crippen LogP contribution is -2.38. The van der Waals surface area contributed by atoms with E-state index in [9.17, 15) is 0 Å². The van der Waals surface area contributed by atoms with Crippen LogP contribution in [0, 0.1) is 0 Å². The molecule has 0 unspecified atom stereocenters. The van der Waals surface area contributed by atoms with E-state index in [1.54, 1.807) is 24.5 Å². The number of benzene rings is 1. The summed E-state index contributed by atoms with van der Waals surface area (Å²) < 4.78 is 17.1. The Balaban J connectivity index is 0.00000186. The van der Waals surface area contributed by atoms with Crippen LogP contribution in [0.25, 0.3) is 10.6 Å². The molecule has 202 valence electrons. The molecule has 1 aliphatic rings. The predicted molar refractivity (Wildman–Crippen MR) is 153 cm³/mol. The summed E-state index contributed by atoms with van der Waals surface area (Å²) in [6.07, 6.45) is 2.01. The first-order valence-corrected chi connectivity index (χ1v) is 14.5. The number of methoxy groups -OCH3 is 1. The normalized spacial score (nSPS) is 13.6. The quantitative estimate of drug-likeness (QED) is 0.257. The summed E-state index contributed by atoms with van der Waals surface area (Å²) in [4.78, 5) is 17.1. The van der Waals surface area contributed by atoms with E-state index >= 15 is 0 Å². The number of rotatable bonds is 11. The Labute approximate surface area is 227 Å². The van der Waals surface area contributed by atoms with Crippen LogP contribution in [0.4, 0.5) is 11.6 Å². The Bertz CT molecular complexity index is 1100. The minimum atomic E-state index is 0.368. The van der Waals surface area contributed by atoms with Gasteiger partial charge in [0.15, 0.2) is 16.7 Å². The van der Waals surface area contributed by atoms with Crippen LogP contribution in [0.15, 0.2) is 29.4 Å². The molecule has 1 aliphatic heterocycles. The zero-order chi connectivity index (χ0) is 26.6. The van der Waals surface area contributed by atoms with Crippen LogP contribution in [0.5, 0.6) is 11.5 Å². The lowest BCUT2D eigenvalue weighted by Gasteiger charge is -2.26. The summed E-state index contributed by atoms with van der Waals surface area (Å²) in [7, 11) is 1.66. The summed E-state index contributed by atoms with van der Waals surface area (Å²) in [6, 6.07) is 7.54. The Morgan fingerprint density at radius 1 is 1.05 bits per heavy atom. The summed E-state index contributed by atoms with van der Waals surface area (Å²) in [5.41, 5.74) is 13.7. The van der Waals surface area contributed by atoms with Crippen molar-refractivity contribution < 1.29 is 14.2 Å². The van der Waals surface area contributed by atoms with E-state index in [2.05, 4.69) is 21.8 Å². The molecule has 1 fully saturated rings. The van der Waals surface area contributed by atoms with Crippen molar-refractivity contribution in [3.63, 3.8) is 0 Å². The highest BCUT2D eigenvalue weighted by Crippen LogP contribution is 2.37. The van der Waals surface area contributed by atoms with E-state index < -0.39 is 0 Å². The third-order valence-corrected chi connectivity index (χ3v) is 7.58. The number of thiazole rings is 1. The van der Waals surface area contributed by atoms with Crippen LogP contribution in [0.3, 0.4) is 0 Å². The summed E-state index contributed by atoms with van der Waals surface area (Å²) in [5, 5.41) is 1.51. The van der Waals surface area contributed by atoms with Gasteiger partial charge < -0.3 is 25.7 Å². The monoisotopic (exact) mass is 546 g/mol. The van der Waals surface area contributed by atoms with Crippen LogP contribution in [0.1, 0.15) is 37.8 Å². The second-order valence-electron chi connectivity index (χ2n) is 8.10. The molecule has 2 aromatic heterocycles. The molecule has 9 nitrogen and oxygen atoms in total. The minimum Gasteiger partial charge on any atom is -0.493 e. The first kappa shape index (κ1) is 29.0. The fraction of sp³-hybridized carbons (Fsp3) is 0.500. The van der Waals surface area contributed by atoms with Gasteiger partial charge in [-0.25, -0.2) is 15.0 Å². The minimum absolute atomic E-state index is 0.368. The highest BCUT2D eigenvalue weighted by atomic mass is 32.2. The number of ether oxygens (including phenoxy) is 3. The number of aromatic nitrogens is 3. The molecule has 0 bridgehead atoms. The fourth-order valence-corrected chi connectivity index (χ4v) is 5.85. The van der Waals surface area contributed by atoms with Crippen molar-refractivity contribution in [1.82, 2.24) is 19.9 Å². The average Bonchev–Trinajstić information content (AvgIpc) is 3.31. The number of anilines is 2. The van der Waals surface area contributed by atoms with Gasteiger partial charge in [0.05, 0.1) is 26.0 Å². The molecule has 1 saturated heterocycles. The van der Waals surface area contributed by atoms with Crippen LogP contribution in [-0.4, -0.2) is 66.4 Å². The van der Waals surface area contributed by atoms with Gasteiger partial charge in [0.1, 0.15) is 23.3 Å². The maximum Gasteiger partial charge on any atom is 0.191 e. The van der Waals surface area contributed by atoms with Gasteiger partial charge in [-0.05, 0) is 24.6 Å². The summed E-state index contributed by atoms with van der Waals surface area (Å²) in [5.74, 6) is 2.82. The van der Waals surface area contributed by atoms with Crippen molar-refractivity contribution in [2.45, 2.75) is 44.5 Å². The van der Waals surface area contributed by atoms with Crippen LogP contribution >= 0.6 is 23.1 Å². The van der Waals surface area contributed by atoms with Gasteiger partial charge in [0, 0.05) is 41.9 Å². The van der Waals surface area contributed by atoms with E-state index in [1.165, 1.54) is 16.6 Å². The van der Waals surface area contributed by atoms with E-state index in [4.69, 9.17) is 30.7 Å². The summed E-state index contributed by atoms with van der Waals surface area (Å²) >= 11 is 3.20. The maximum absolute atomic E-state index is 6.13. The van der Waals surface area contributed by atoms with E-state index in [-0.39, 0.29) is 0 Å². The molecule has 4 N–H and O–H groups in total. The number of hydrogen-bond acceptors (Lipinski definition) is 11. The largest absolute Gasteiger partial charge is 0.493 e. The number of nitrogens with two attached hydrogens (primary N) is 2. The standard InChI is InChI=1S/C24H32N6O3S2.C2H6/c1-3-4-20-17(15-34-24-28-21(25)14-22(26)29-24)27-23(35-20)16-5-6-18(31-2)19(13-16)33-12-9-30-7-10-32-11-8-30;1-2/h5-6,13-14H,3-4,7-12,15H2,1-2H3,(H4,25,26,28,29);1-2H3. The zero-order valence-corrected chi connectivity index (χ0v) is 23.8. The van der Waals surface area contributed by atoms with E-state index in [0.29, 0.717) is 34.9 Å². The van der Waals surface area contributed by atoms with Gasteiger partial charge >= 0.3 is 0 Å². The predicted octanol–water partition coefficient (Wildman–Crippen LogP) is 4.76. The Hall–Kier alpha value is -2.60. The Morgan fingerprint density at radius 3 is 2.46 bits per heavy atom. The number of nitrogens with zero attached hydrogens (tertiary/aromatic N) is 4. The van der Waals surface area contributed by atoms with Crippen molar-refractivity contribution in [3.05, 3.63) is 34.8 Å². The average molecular weight is 547 g/mol. The molecule has 37 heavy (non-hydrogen) atoms. The number of hydrogen-bond donors (Lipinski definition) is 2. The third-order valence-electron chi connectivity index (χ3n) is 5.52. The third kappa shape index (κ3) is 8.46. The zero-order valence-electron chi connectivity index (χ0n) is 22.2. The van der Waals surface area contributed by atoms with E-state index in [0.717, 1.165) is 67.7 Å². The maximum atomic E-state index is 6.13. The summed E-state index contributed by atoms with van der Waals surface area (Å²) in [6.45, 7) is 11.0. The van der Waals surface area contributed by atoms with Crippen LogP contribution < -0.4 is 20.9 Å². The second kappa shape index (κ2) is 15.0. The number of nitrogen functional groups attached to an aromatic ring is 2. The highest BCUT2D eigenvalue weighted by Gasteiger charge is 2.16. The molecule has 0 amide bonds. The van der Waals surface area contributed by atoms with Crippen molar-refractivity contribution in [1.29, 1.82) is 0 Å². The SMILES string of the molecule is CC.CCCc1sc(-c2ccc(OC)c(OCCN3CCOCC3)c2)nc1CSc1nc(N)cc(N)n1. The number of morpholine rings is 1. The van der Waals surface area contributed by atoms with Crippen molar-refractivity contribution in [2.75, 3.05) is 58.0 Å². The van der Waals surface area contributed by atoms with Gasteiger partial charge in [-0.15, -0.1) is 11.3 Å². The first-order chi connectivity index (χ1) is 18.1. The van der Waals surface area contributed by atoms with Crippen molar-refractivity contribution in [3.8, 4) is 22.1 Å². The molecular formula is C26H38N6O3S2. The molecule has 0 atom stereocenters. The van der Waals surface area contributed by atoms with Crippen LogP contribution in [-0.2, 0) is 16.9 Å². The highest BCUT2D eigenvalue weighted by molar-refractivity contribution is 7.98. The lowest BCUT2D eigenvalue weighted by molar-refractivity contribution is 0.0321. The first-order valence-electron chi connectivity index (χ1n) is 12.7. The molecule has 4 rings (SSSR count). The van der Waals surface area contributed by atoms with Gasteiger partial charge in [0.25, 0.3) is 0 Å². The second-order valence-corrected chi connectivity index (χ2v) is 10.1. The number of thioether (sulfide) groups is 1. The smallest absolute Gasteiger partial charge is 0.191 e. The topological polar surface area (TPSA) is 122 Å². The number of aryl methyl sites for hydroxylation is 1. The van der Waals surface area contributed by atoms with Gasteiger partial charge in [-0.3, -0.25) is 4.90 Å². The fourth-order valence-electron chi connectivity index (χ4n) is 3.73. The van der Waals surface area contributed by atoms with Crippen molar-refractivity contribution in [2.24, 2.45) is 0 Å². The van der Waals surface area contributed by atoms with Gasteiger partial charge in [-0.2, -0.15) is 0 Å². The Kier molecular flexibility index (Phi) is 11.7. The molecule has 3 heterocycles. The van der Waals surface area contributed by atoms with Crippen LogP contribution in [0.2, 0.25) is 0 Å². The molecule has 3 aromatic rings. The van der Waals surface area contributed by atoms with Crippen molar-refractivity contribution >= 4 is 34.7 Å². The molecule has 11 heteroatoms. The molecular weight excluding hydrogens is 508 g/mol. The molecule has 0 spiro atoms. The molecule has 0 radical (unpaired) electrons.